The predicted octanol–water partition coefficient (Wildman–Crippen LogP) is 2.10. The summed E-state index contributed by atoms with van der Waals surface area (Å²) in [6.07, 6.45) is 0. The summed E-state index contributed by atoms with van der Waals surface area (Å²) >= 11 is 5.65. The monoisotopic (exact) mass is 282 g/mol. The smallest absolute Gasteiger partial charge is 0.245 e. The molecular formula is C12H12ClFN4O. The predicted molar refractivity (Wildman–Crippen MR) is 69.8 cm³/mol. The van der Waals surface area contributed by atoms with Gasteiger partial charge in [-0.15, -0.1) is 5.10 Å². The lowest BCUT2D eigenvalue weighted by molar-refractivity contribution is 0.122. The summed E-state index contributed by atoms with van der Waals surface area (Å²) in [6, 6.07) is 4.55. The first-order chi connectivity index (χ1) is 9.24. The molecule has 0 spiro atoms. The van der Waals surface area contributed by atoms with Crippen LogP contribution in [0, 0.1) is 5.82 Å². The van der Waals surface area contributed by atoms with E-state index in [-0.39, 0.29) is 5.02 Å². The zero-order valence-electron chi connectivity index (χ0n) is 10.1. The Morgan fingerprint density at radius 3 is 2.84 bits per heavy atom. The average Bonchev–Trinajstić information content (AvgIpc) is 2.93. The van der Waals surface area contributed by atoms with E-state index in [1.165, 1.54) is 12.1 Å². The fourth-order valence-electron chi connectivity index (χ4n) is 1.93. The third-order valence-electron chi connectivity index (χ3n) is 2.96. The van der Waals surface area contributed by atoms with E-state index in [4.69, 9.17) is 16.3 Å². The molecule has 100 valence electrons. The van der Waals surface area contributed by atoms with Gasteiger partial charge < -0.3 is 9.64 Å². The number of rotatable bonds is 2. The number of nitrogens with zero attached hydrogens (tertiary/aromatic N) is 3. The first-order valence-corrected chi connectivity index (χ1v) is 6.32. The molecule has 5 nitrogen and oxygen atoms in total. The minimum Gasteiger partial charge on any atom is -0.378 e. The van der Waals surface area contributed by atoms with E-state index in [2.05, 4.69) is 15.2 Å². The van der Waals surface area contributed by atoms with E-state index in [1.807, 2.05) is 4.90 Å². The van der Waals surface area contributed by atoms with Crippen LogP contribution in [0.2, 0.25) is 5.02 Å². The van der Waals surface area contributed by atoms with E-state index in [0.717, 1.165) is 13.1 Å². The topological polar surface area (TPSA) is 54.0 Å². The summed E-state index contributed by atoms with van der Waals surface area (Å²) in [7, 11) is 0. The van der Waals surface area contributed by atoms with Gasteiger partial charge in [-0.05, 0) is 18.2 Å². The van der Waals surface area contributed by atoms with Gasteiger partial charge >= 0.3 is 0 Å². The molecular weight excluding hydrogens is 271 g/mol. The molecule has 0 aliphatic carbocycles. The standard InChI is InChI=1S/C12H12ClFN4O/c13-9-2-1-8(7-10(9)14)11-15-12(17-16-11)18-3-5-19-6-4-18/h1-2,7H,3-6H2,(H,15,16,17). The maximum Gasteiger partial charge on any atom is 0.245 e. The lowest BCUT2D eigenvalue weighted by atomic mass is 10.2. The lowest BCUT2D eigenvalue weighted by Gasteiger charge is -2.25. The molecule has 1 N–H and O–H groups in total. The van der Waals surface area contributed by atoms with Gasteiger partial charge in [-0.3, -0.25) is 5.10 Å². The van der Waals surface area contributed by atoms with E-state index in [1.54, 1.807) is 6.07 Å². The van der Waals surface area contributed by atoms with Gasteiger partial charge in [0.2, 0.25) is 5.95 Å². The van der Waals surface area contributed by atoms with Crippen molar-refractivity contribution in [3.63, 3.8) is 0 Å². The van der Waals surface area contributed by atoms with Gasteiger partial charge in [-0.2, -0.15) is 4.98 Å². The highest BCUT2D eigenvalue weighted by Crippen LogP contribution is 2.23. The van der Waals surface area contributed by atoms with Crippen molar-refractivity contribution in [2.24, 2.45) is 0 Å². The second-order valence-electron chi connectivity index (χ2n) is 4.21. The van der Waals surface area contributed by atoms with Crippen LogP contribution < -0.4 is 4.90 Å². The zero-order chi connectivity index (χ0) is 13.2. The SMILES string of the molecule is Fc1cc(-c2nc(N3CCOCC3)n[nH]2)ccc1Cl. The number of aromatic nitrogens is 3. The summed E-state index contributed by atoms with van der Waals surface area (Å²) in [5.74, 6) is 0.661. The summed E-state index contributed by atoms with van der Waals surface area (Å²) in [4.78, 5) is 6.39. The molecule has 1 aromatic heterocycles. The molecule has 1 fully saturated rings. The van der Waals surface area contributed by atoms with Gasteiger partial charge in [0.05, 0.1) is 18.2 Å². The van der Waals surface area contributed by atoms with Gasteiger partial charge in [0.15, 0.2) is 5.82 Å². The molecule has 2 aromatic rings. The molecule has 0 unspecified atom stereocenters. The van der Waals surface area contributed by atoms with E-state index in [0.29, 0.717) is 30.5 Å². The molecule has 1 aliphatic heterocycles. The summed E-state index contributed by atoms with van der Waals surface area (Å²) in [6.45, 7) is 2.84. The Bertz CT molecular complexity index is 583. The Hall–Kier alpha value is -1.66. The molecule has 3 rings (SSSR count). The molecule has 0 atom stereocenters. The van der Waals surface area contributed by atoms with Crippen molar-refractivity contribution < 1.29 is 9.13 Å². The van der Waals surface area contributed by atoms with Crippen LogP contribution in [0.25, 0.3) is 11.4 Å². The molecule has 1 aliphatic rings. The maximum atomic E-state index is 13.4. The molecule has 1 saturated heterocycles. The normalized spacial score (nSPS) is 15.8. The van der Waals surface area contributed by atoms with Crippen molar-refractivity contribution >= 4 is 17.5 Å². The molecule has 7 heteroatoms. The Labute approximate surface area is 114 Å². The van der Waals surface area contributed by atoms with Crippen LogP contribution in [0.1, 0.15) is 0 Å². The number of hydrogen-bond acceptors (Lipinski definition) is 4. The summed E-state index contributed by atoms with van der Waals surface area (Å²) in [5.41, 5.74) is 0.619. The minimum atomic E-state index is -0.469. The molecule has 0 amide bonds. The second kappa shape index (κ2) is 5.14. The number of H-pyrrole nitrogens is 1. The molecule has 0 bridgehead atoms. The van der Waals surface area contributed by atoms with E-state index < -0.39 is 5.82 Å². The van der Waals surface area contributed by atoms with Crippen LogP contribution in [-0.2, 0) is 4.74 Å². The third-order valence-corrected chi connectivity index (χ3v) is 3.27. The lowest BCUT2D eigenvalue weighted by Crippen LogP contribution is -2.36. The summed E-state index contributed by atoms with van der Waals surface area (Å²) in [5, 5.41) is 7.05. The second-order valence-corrected chi connectivity index (χ2v) is 4.62. The number of hydrogen-bond donors (Lipinski definition) is 1. The van der Waals surface area contributed by atoms with E-state index in [9.17, 15) is 4.39 Å². The average molecular weight is 283 g/mol. The van der Waals surface area contributed by atoms with Crippen molar-refractivity contribution in [3.8, 4) is 11.4 Å². The van der Waals surface area contributed by atoms with Gasteiger partial charge in [-0.1, -0.05) is 11.6 Å². The number of anilines is 1. The molecule has 19 heavy (non-hydrogen) atoms. The number of halogens is 2. The number of ether oxygens (including phenoxy) is 1. The first-order valence-electron chi connectivity index (χ1n) is 5.94. The number of aromatic amines is 1. The molecule has 0 saturated carbocycles. The zero-order valence-corrected chi connectivity index (χ0v) is 10.8. The third kappa shape index (κ3) is 2.54. The Balaban J connectivity index is 1.85. The van der Waals surface area contributed by atoms with Crippen molar-refractivity contribution in [2.45, 2.75) is 0 Å². The van der Waals surface area contributed by atoms with Crippen molar-refractivity contribution in [1.29, 1.82) is 0 Å². The van der Waals surface area contributed by atoms with Crippen LogP contribution in [0.5, 0.6) is 0 Å². The van der Waals surface area contributed by atoms with Gasteiger partial charge in [0.25, 0.3) is 0 Å². The Morgan fingerprint density at radius 1 is 1.32 bits per heavy atom. The van der Waals surface area contributed by atoms with Crippen LogP contribution in [0.3, 0.4) is 0 Å². The van der Waals surface area contributed by atoms with Gasteiger partial charge in [0, 0.05) is 18.7 Å². The van der Waals surface area contributed by atoms with Crippen LogP contribution >= 0.6 is 11.6 Å². The van der Waals surface area contributed by atoms with E-state index >= 15 is 0 Å². The van der Waals surface area contributed by atoms with Crippen LogP contribution in [0.4, 0.5) is 10.3 Å². The highest BCUT2D eigenvalue weighted by Gasteiger charge is 2.16. The maximum absolute atomic E-state index is 13.4. The molecule has 0 radical (unpaired) electrons. The first kappa shape index (κ1) is 12.4. The number of benzene rings is 1. The minimum absolute atomic E-state index is 0.0941. The Kier molecular flexibility index (Phi) is 3.35. The van der Waals surface area contributed by atoms with Crippen LogP contribution in [0.15, 0.2) is 18.2 Å². The molecule has 1 aromatic carbocycles. The fraction of sp³-hybridized carbons (Fsp3) is 0.333. The molecule has 2 heterocycles. The quantitative estimate of drug-likeness (QED) is 0.916. The summed E-state index contributed by atoms with van der Waals surface area (Å²) < 4.78 is 18.7. The Morgan fingerprint density at radius 2 is 2.11 bits per heavy atom. The number of morpholine rings is 1. The van der Waals surface area contributed by atoms with Crippen LogP contribution in [-0.4, -0.2) is 41.5 Å². The van der Waals surface area contributed by atoms with Gasteiger partial charge in [-0.25, -0.2) is 4.39 Å². The largest absolute Gasteiger partial charge is 0.378 e. The van der Waals surface area contributed by atoms with Crippen molar-refractivity contribution in [1.82, 2.24) is 15.2 Å². The number of nitrogens with one attached hydrogen (secondary N) is 1. The van der Waals surface area contributed by atoms with Crippen molar-refractivity contribution in [3.05, 3.63) is 29.0 Å². The highest BCUT2D eigenvalue weighted by atomic mass is 35.5. The fourth-order valence-corrected chi connectivity index (χ4v) is 2.05. The highest BCUT2D eigenvalue weighted by molar-refractivity contribution is 6.30. The van der Waals surface area contributed by atoms with Crippen molar-refractivity contribution in [2.75, 3.05) is 31.2 Å². The van der Waals surface area contributed by atoms with Gasteiger partial charge in [0.1, 0.15) is 5.82 Å².